The number of nitrogens with two attached hydrogens (primary N) is 1. The zero-order valence-corrected chi connectivity index (χ0v) is 10.9. The molecule has 1 amide bonds. The number of rotatable bonds is 5. The van der Waals surface area contributed by atoms with E-state index in [-0.39, 0.29) is 12.0 Å². The highest BCUT2D eigenvalue weighted by molar-refractivity contribution is 5.99. The van der Waals surface area contributed by atoms with Gasteiger partial charge in [0.05, 0.1) is 12.1 Å². The summed E-state index contributed by atoms with van der Waals surface area (Å²) in [7, 11) is 1.67. The zero-order valence-electron chi connectivity index (χ0n) is 10.9. The molecule has 0 unspecified atom stereocenters. The van der Waals surface area contributed by atoms with Gasteiger partial charge in [0, 0.05) is 12.6 Å². The van der Waals surface area contributed by atoms with Crippen LogP contribution < -0.4 is 11.1 Å². The molecule has 0 aliphatic carbocycles. The van der Waals surface area contributed by atoms with Gasteiger partial charge in [-0.15, -0.1) is 0 Å². The van der Waals surface area contributed by atoms with Crippen molar-refractivity contribution in [3.63, 3.8) is 0 Å². The summed E-state index contributed by atoms with van der Waals surface area (Å²) < 4.78 is 1.49. The van der Waals surface area contributed by atoms with E-state index in [1.807, 2.05) is 0 Å². The number of primary amides is 1. The molecular weight excluding hydrogens is 236 g/mol. The highest BCUT2D eigenvalue weighted by atomic mass is 16.4. The van der Waals surface area contributed by atoms with Crippen molar-refractivity contribution >= 4 is 17.7 Å². The first kappa shape index (κ1) is 14.0. The minimum Gasteiger partial charge on any atom is -0.481 e. The van der Waals surface area contributed by atoms with Gasteiger partial charge in [-0.1, -0.05) is 0 Å². The molecule has 0 aliphatic heterocycles. The molecule has 0 fully saturated rings. The van der Waals surface area contributed by atoms with Crippen LogP contribution in [0, 0.1) is 6.92 Å². The van der Waals surface area contributed by atoms with Gasteiger partial charge in [-0.3, -0.25) is 14.3 Å². The highest BCUT2D eigenvalue weighted by Crippen LogP contribution is 2.23. The van der Waals surface area contributed by atoms with E-state index in [1.54, 1.807) is 27.8 Å². The third-order valence-electron chi connectivity index (χ3n) is 2.52. The lowest BCUT2D eigenvalue weighted by molar-refractivity contribution is -0.137. The van der Waals surface area contributed by atoms with Gasteiger partial charge in [0.2, 0.25) is 0 Å². The molecule has 0 aromatic carbocycles. The van der Waals surface area contributed by atoms with Gasteiger partial charge < -0.3 is 16.2 Å². The zero-order chi connectivity index (χ0) is 14.1. The SMILES string of the molecule is Cc1nn(C)c(NC(C)(C)CC(=O)O)c1C(N)=O. The largest absolute Gasteiger partial charge is 0.481 e. The minimum absolute atomic E-state index is 0.0879. The third kappa shape index (κ3) is 2.99. The summed E-state index contributed by atoms with van der Waals surface area (Å²) in [5, 5.41) is 15.9. The Kier molecular flexibility index (Phi) is 3.64. The molecule has 1 aromatic heterocycles. The molecule has 100 valence electrons. The highest BCUT2D eigenvalue weighted by Gasteiger charge is 2.26. The number of nitrogens with zero attached hydrogens (tertiary/aromatic N) is 2. The van der Waals surface area contributed by atoms with Gasteiger partial charge in [0.15, 0.2) is 0 Å². The Morgan fingerprint density at radius 2 is 2.06 bits per heavy atom. The summed E-state index contributed by atoms with van der Waals surface area (Å²) in [6, 6.07) is 0. The number of anilines is 1. The summed E-state index contributed by atoms with van der Waals surface area (Å²) in [5.74, 6) is -1.08. The molecule has 7 heteroatoms. The van der Waals surface area contributed by atoms with Crippen molar-refractivity contribution in [2.24, 2.45) is 12.8 Å². The maximum atomic E-state index is 11.4. The number of aliphatic carboxylic acids is 1. The average molecular weight is 254 g/mol. The molecule has 1 rings (SSSR count). The fourth-order valence-electron chi connectivity index (χ4n) is 1.84. The molecule has 7 nitrogen and oxygen atoms in total. The van der Waals surface area contributed by atoms with Crippen LogP contribution in [0.5, 0.6) is 0 Å². The molecular formula is C11H18N4O3. The molecule has 0 aliphatic rings. The first-order valence-electron chi connectivity index (χ1n) is 5.47. The Bertz CT molecular complexity index is 491. The second-order valence-corrected chi connectivity index (χ2v) is 4.88. The molecule has 18 heavy (non-hydrogen) atoms. The van der Waals surface area contributed by atoms with Crippen LogP contribution in [0.4, 0.5) is 5.82 Å². The van der Waals surface area contributed by atoms with Crippen molar-refractivity contribution in [1.82, 2.24) is 9.78 Å². The molecule has 4 N–H and O–H groups in total. The summed E-state index contributed by atoms with van der Waals surface area (Å²) in [4.78, 5) is 22.1. The second-order valence-electron chi connectivity index (χ2n) is 4.88. The van der Waals surface area contributed by atoms with Crippen LogP contribution in [0.15, 0.2) is 0 Å². The van der Waals surface area contributed by atoms with Crippen LogP contribution >= 0.6 is 0 Å². The Hall–Kier alpha value is -2.05. The van der Waals surface area contributed by atoms with E-state index in [2.05, 4.69) is 10.4 Å². The first-order chi connectivity index (χ1) is 8.14. The lowest BCUT2D eigenvalue weighted by Crippen LogP contribution is -2.35. The molecule has 0 radical (unpaired) electrons. The topological polar surface area (TPSA) is 110 Å². The van der Waals surface area contributed by atoms with Crippen molar-refractivity contribution in [1.29, 1.82) is 0 Å². The fraction of sp³-hybridized carbons (Fsp3) is 0.545. The van der Waals surface area contributed by atoms with Crippen LogP contribution in [-0.4, -0.2) is 32.3 Å². The van der Waals surface area contributed by atoms with Gasteiger partial charge in [0.1, 0.15) is 11.4 Å². The molecule has 1 heterocycles. The van der Waals surface area contributed by atoms with Crippen LogP contribution in [0.2, 0.25) is 0 Å². The van der Waals surface area contributed by atoms with E-state index in [0.717, 1.165) is 0 Å². The number of nitrogens with one attached hydrogen (secondary N) is 1. The summed E-state index contributed by atoms with van der Waals surface area (Å²) in [6.07, 6.45) is -0.0879. The number of amides is 1. The number of carboxylic acid groups (broad SMARTS) is 1. The van der Waals surface area contributed by atoms with Gasteiger partial charge in [0.25, 0.3) is 5.91 Å². The van der Waals surface area contributed by atoms with E-state index < -0.39 is 17.4 Å². The van der Waals surface area contributed by atoms with Crippen molar-refractivity contribution in [2.45, 2.75) is 32.7 Å². The number of carbonyl (C=O) groups excluding carboxylic acids is 1. The number of aryl methyl sites for hydroxylation is 2. The monoisotopic (exact) mass is 254 g/mol. The molecule has 0 bridgehead atoms. The number of carboxylic acids is 1. The van der Waals surface area contributed by atoms with E-state index in [4.69, 9.17) is 10.8 Å². The third-order valence-corrected chi connectivity index (χ3v) is 2.52. The van der Waals surface area contributed by atoms with Crippen LogP contribution in [-0.2, 0) is 11.8 Å². The van der Waals surface area contributed by atoms with Crippen LogP contribution in [0.3, 0.4) is 0 Å². The lowest BCUT2D eigenvalue weighted by atomic mass is 10.0. The number of aromatic nitrogens is 2. The smallest absolute Gasteiger partial charge is 0.305 e. The van der Waals surface area contributed by atoms with Crippen LogP contribution in [0.1, 0.15) is 36.3 Å². The van der Waals surface area contributed by atoms with E-state index in [1.165, 1.54) is 4.68 Å². The summed E-state index contributed by atoms with van der Waals surface area (Å²) >= 11 is 0. The van der Waals surface area contributed by atoms with Gasteiger partial charge in [-0.2, -0.15) is 5.10 Å². The Labute approximate surface area is 105 Å². The molecule has 0 atom stereocenters. The first-order valence-corrected chi connectivity index (χ1v) is 5.47. The minimum atomic E-state index is -0.924. The number of hydrogen-bond donors (Lipinski definition) is 3. The molecule has 0 saturated carbocycles. The maximum Gasteiger partial charge on any atom is 0.305 e. The predicted molar refractivity (Wildman–Crippen MR) is 66.4 cm³/mol. The van der Waals surface area contributed by atoms with E-state index in [9.17, 15) is 9.59 Å². The molecule has 1 aromatic rings. The molecule has 0 spiro atoms. The van der Waals surface area contributed by atoms with Gasteiger partial charge >= 0.3 is 5.97 Å². The normalized spacial score (nSPS) is 11.3. The number of hydrogen-bond acceptors (Lipinski definition) is 4. The summed E-state index contributed by atoms with van der Waals surface area (Å²) in [6.45, 7) is 5.14. The van der Waals surface area contributed by atoms with Crippen molar-refractivity contribution in [3.8, 4) is 0 Å². The van der Waals surface area contributed by atoms with Crippen molar-refractivity contribution in [3.05, 3.63) is 11.3 Å². The molecule has 0 saturated heterocycles. The van der Waals surface area contributed by atoms with Gasteiger partial charge in [-0.05, 0) is 20.8 Å². The fourth-order valence-corrected chi connectivity index (χ4v) is 1.84. The van der Waals surface area contributed by atoms with E-state index >= 15 is 0 Å². The summed E-state index contributed by atoms with van der Waals surface area (Å²) in [5.41, 5.74) is 5.39. The van der Waals surface area contributed by atoms with Crippen LogP contribution in [0.25, 0.3) is 0 Å². The van der Waals surface area contributed by atoms with Gasteiger partial charge in [-0.25, -0.2) is 0 Å². The second kappa shape index (κ2) is 4.67. The Morgan fingerprint density at radius 3 is 2.50 bits per heavy atom. The number of carbonyl (C=O) groups is 2. The van der Waals surface area contributed by atoms with Crippen molar-refractivity contribution < 1.29 is 14.7 Å². The lowest BCUT2D eigenvalue weighted by Gasteiger charge is -2.26. The Balaban J connectivity index is 3.11. The Morgan fingerprint density at radius 1 is 1.50 bits per heavy atom. The quantitative estimate of drug-likeness (QED) is 0.708. The predicted octanol–water partition coefficient (Wildman–Crippen LogP) is 0.493. The standard InChI is InChI=1S/C11H18N4O3/c1-6-8(9(12)18)10(15(4)14-6)13-11(2,3)5-7(16)17/h13H,5H2,1-4H3,(H2,12,18)(H,16,17). The maximum absolute atomic E-state index is 11.4. The van der Waals surface area contributed by atoms with E-state index in [0.29, 0.717) is 11.5 Å². The average Bonchev–Trinajstić information content (AvgIpc) is 2.37. The van der Waals surface area contributed by atoms with Crippen molar-refractivity contribution in [2.75, 3.05) is 5.32 Å².